The van der Waals surface area contributed by atoms with E-state index in [9.17, 15) is 13.2 Å². The van der Waals surface area contributed by atoms with Crippen molar-refractivity contribution in [1.29, 1.82) is 5.26 Å². The molecule has 2 aromatic rings. The van der Waals surface area contributed by atoms with Crippen molar-refractivity contribution in [2.75, 3.05) is 12.1 Å². The molecule has 128 valence electrons. The Labute approximate surface area is 149 Å². The van der Waals surface area contributed by atoms with Crippen LogP contribution >= 0.6 is 23.5 Å². The third-order valence-electron chi connectivity index (χ3n) is 3.34. The molecule has 3 rings (SSSR count). The predicted octanol–water partition coefficient (Wildman–Crippen LogP) is 4.11. The zero-order chi connectivity index (χ0) is 18.0. The van der Waals surface area contributed by atoms with Gasteiger partial charge in [0.1, 0.15) is 0 Å². The third kappa shape index (κ3) is 3.88. The fraction of sp³-hybridized carbons (Fsp3) is 0.200. The number of nitrogens with zero attached hydrogens (tertiary/aromatic N) is 5. The molecule has 0 unspecified atom stereocenters. The molecule has 0 atom stereocenters. The molecule has 5 nitrogen and oxygen atoms in total. The molecule has 0 amide bonds. The first kappa shape index (κ1) is 17.6. The van der Waals surface area contributed by atoms with E-state index in [1.165, 1.54) is 29.6 Å². The topological polar surface area (TPSA) is 65.2 Å². The smallest absolute Gasteiger partial charge is 0.264 e. The van der Waals surface area contributed by atoms with E-state index in [1.807, 2.05) is 6.07 Å². The molecule has 0 fully saturated rings. The minimum atomic E-state index is -4.47. The van der Waals surface area contributed by atoms with Crippen molar-refractivity contribution in [1.82, 2.24) is 10.2 Å². The monoisotopic (exact) mass is 381 g/mol. The first-order valence-electron chi connectivity index (χ1n) is 6.93. The molecule has 0 N–H and O–H groups in total. The Balaban J connectivity index is 1.76. The predicted molar refractivity (Wildman–Crippen MR) is 91.2 cm³/mol. The lowest BCUT2D eigenvalue weighted by Crippen LogP contribution is -2.16. The Morgan fingerprint density at radius 3 is 2.84 bits per heavy atom. The average Bonchev–Trinajstić information content (AvgIpc) is 2.59. The first-order valence-corrected chi connectivity index (χ1v) is 8.73. The number of nitriles is 1. The van der Waals surface area contributed by atoms with Crippen LogP contribution in [0, 0.1) is 11.3 Å². The summed E-state index contributed by atoms with van der Waals surface area (Å²) in [5.41, 5.74) is 0.538. The third-order valence-corrected chi connectivity index (χ3v) is 5.47. The van der Waals surface area contributed by atoms with Gasteiger partial charge in [-0.15, -0.1) is 5.10 Å². The van der Waals surface area contributed by atoms with E-state index >= 15 is 0 Å². The normalized spacial score (nSPS) is 13.9. The second-order valence-electron chi connectivity index (χ2n) is 4.98. The largest absolute Gasteiger partial charge is 0.416 e. The van der Waals surface area contributed by atoms with Crippen molar-refractivity contribution in [3.63, 3.8) is 0 Å². The SMILES string of the molecule is CN1N=C(SCc2ccc(C(F)(F)F)cc2C#N)Sc2nnccc21. The van der Waals surface area contributed by atoms with Crippen LogP contribution in [0.1, 0.15) is 16.7 Å². The number of rotatable bonds is 2. The van der Waals surface area contributed by atoms with E-state index in [0.29, 0.717) is 20.7 Å². The summed E-state index contributed by atoms with van der Waals surface area (Å²) in [6, 6.07) is 6.82. The highest BCUT2D eigenvalue weighted by Crippen LogP contribution is 2.37. The Morgan fingerprint density at radius 1 is 1.32 bits per heavy atom. The van der Waals surface area contributed by atoms with Crippen LogP contribution in [0.3, 0.4) is 0 Å². The second kappa shape index (κ2) is 6.93. The van der Waals surface area contributed by atoms with Gasteiger partial charge < -0.3 is 0 Å². The quantitative estimate of drug-likeness (QED) is 0.780. The van der Waals surface area contributed by atoms with E-state index in [0.717, 1.165) is 17.8 Å². The van der Waals surface area contributed by atoms with Crippen LogP contribution in [0.15, 0.2) is 40.6 Å². The van der Waals surface area contributed by atoms with Crippen LogP contribution in [0.4, 0.5) is 18.9 Å². The molecule has 25 heavy (non-hydrogen) atoms. The molecule has 0 saturated carbocycles. The number of hydrogen-bond donors (Lipinski definition) is 0. The summed E-state index contributed by atoms with van der Waals surface area (Å²) in [7, 11) is 1.78. The maximum atomic E-state index is 12.7. The van der Waals surface area contributed by atoms with Crippen LogP contribution in [0.2, 0.25) is 0 Å². The van der Waals surface area contributed by atoms with Gasteiger partial charge in [0.2, 0.25) is 0 Å². The number of thioether (sulfide) groups is 2. The summed E-state index contributed by atoms with van der Waals surface area (Å²) in [6.07, 6.45) is -2.89. The second-order valence-corrected chi connectivity index (χ2v) is 7.18. The maximum Gasteiger partial charge on any atom is 0.416 e. The Kier molecular flexibility index (Phi) is 4.87. The summed E-state index contributed by atoms with van der Waals surface area (Å²) in [5.74, 6) is 0.330. The van der Waals surface area contributed by atoms with Crippen LogP contribution in [0.5, 0.6) is 0 Å². The van der Waals surface area contributed by atoms with Crippen LogP contribution in [-0.2, 0) is 11.9 Å². The summed E-state index contributed by atoms with van der Waals surface area (Å²) in [5, 5.41) is 23.8. The first-order chi connectivity index (χ1) is 11.9. The minimum absolute atomic E-state index is 0.0114. The van der Waals surface area contributed by atoms with E-state index < -0.39 is 11.7 Å². The molecule has 2 heterocycles. The van der Waals surface area contributed by atoms with Crippen molar-refractivity contribution >= 4 is 33.6 Å². The molecule has 0 aliphatic carbocycles. The molecular formula is C15H10F3N5S2. The lowest BCUT2D eigenvalue weighted by atomic mass is 10.1. The molecule has 1 aliphatic heterocycles. The average molecular weight is 381 g/mol. The van der Waals surface area contributed by atoms with E-state index in [2.05, 4.69) is 15.3 Å². The van der Waals surface area contributed by atoms with Crippen LogP contribution in [-0.4, -0.2) is 21.6 Å². The highest BCUT2D eigenvalue weighted by Gasteiger charge is 2.31. The van der Waals surface area contributed by atoms with Gasteiger partial charge in [-0.05, 0) is 35.5 Å². The molecule has 0 spiro atoms. The fourth-order valence-electron chi connectivity index (χ4n) is 2.09. The molecule has 1 aliphatic rings. The lowest BCUT2D eigenvalue weighted by Gasteiger charge is -2.21. The van der Waals surface area contributed by atoms with Crippen molar-refractivity contribution < 1.29 is 13.2 Å². The van der Waals surface area contributed by atoms with Gasteiger partial charge in [0, 0.05) is 12.8 Å². The Morgan fingerprint density at radius 2 is 2.12 bits per heavy atom. The van der Waals surface area contributed by atoms with Crippen LogP contribution in [0.25, 0.3) is 0 Å². The van der Waals surface area contributed by atoms with E-state index in [1.54, 1.807) is 24.3 Å². The van der Waals surface area contributed by atoms with Gasteiger partial charge in [-0.1, -0.05) is 17.8 Å². The molecule has 0 bridgehead atoms. The van der Waals surface area contributed by atoms with Crippen molar-refractivity contribution in [2.24, 2.45) is 5.10 Å². The number of alkyl halides is 3. The standard InChI is InChI=1S/C15H10F3N5S2/c1-23-12-4-5-20-21-13(12)25-14(22-23)24-8-9-2-3-11(15(16,17)18)6-10(9)7-19/h2-6H,8H2,1H3. The summed E-state index contributed by atoms with van der Waals surface area (Å²) in [4.78, 5) is 0. The van der Waals surface area contributed by atoms with Crippen molar-refractivity contribution in [3.05, 3.63) is 47.2 Å². The highest BCUT2D eigenvalue weighted by molar-refractivity contribution is 8.38. The summed E-state index contributed by atoms with van der Waals surface area (Å²) in [6.45, 7) is 0. The Hall–Kier alpha value is -2.25. The number of anilines is 1. The molecule has 1 aromatic carbocycles. The van der Waals surface area contributed by atoms with E-state index in [-0.39, 0.29) is 5.56 Å². The number of hydrazone groups is 1. The lowest BCUT2D eigenvalue weighted by molar-refractivity contribution is -0.137. The van der Waals surface area contributed by atoms with E-state index in [4.69, 9.17) is 5.26 Å². The van der Waals surface area contributed by atoms with Crippen molar-refractivity contribution in [3.8, 4) is 6.07 Å². The Bertz CT molecular complexity index is 876. The van der Waals surface area contributed by atoms with Gasteiger partial charge in [-0.25, -0.2) is 0 Å². The number of benzene rings is 1. The van der Waals surface area contributed by atoms with Gasteiger partial charge in [-0.3, -0.25) is 5.01 Å². The van der Waals surface area contributed by atoms with Gasteiger partial charge in [0.25, 0.3) is 0 Å². The zero-order valence-electron chi connectivity index (χ0n) is 12.8. The molecular weight excluding hydrogens is 371 g/mol. The summed E-state index contributed by atoms with van der Waals surface area (Å²) < 4.78 is 38.9. The molecule has 1 aromatic heterocycles. The number of aromatic nitrogens is 2. The van der Waals surface area contributed by atoms with Gasteiger partial charge >= 0.3 is 6.18 Å². The van der Waals surface area contributed by atoms with Gasteiger partial charge in [-0.2, -0.15) is 28.6 Å². The summed E-state index contributed by atoms with van der Waals surface area (Å²) >= 11 is 2.67. The number of hydrogen-bond acceptors (Lipinski definition) is 7. The van der Waals surface area contributed by atoms with Crippen LogP contribution < -0.4 is 5.01 Å². The molecule has 10 heteroatoms. The number of fused-ring (bicyclic) bond motifs is 1. The maximum absolute atomic E-state index is 12.7. The van der Waals surface area contributed by atoms with Crippen molar-refractivity contribution in [2.45, 2.75) is 17.0 Å². The molecule has 0 saturated heterocycles. The number of halogens is 3. The van der Waals surface area contributed by atoms with Gasteiger partial charge in [0.15, 0.2) is 9.40 Å². The fourth-order valence-corrected chi connectivity index (χ4v) is 4.17. The minimum Gasteiger partial charge on any atom is -0.264 e. The highest BCUT2D eigenvalue weighted by atomic mass is 32.2. The van der Waals surface area contributed by atoms with Gasteiger partial charge in [0.05, 0.1) is 29.1 Å². The molecule has 0 radical (unpaired) electrons. The zero-order valence-corrected chi connectivity index (χ0v) is 14.4.